The Morgan fingerprint density at radius 1 is 1.06 bits per heavy atom. The maximum Gasteiger partial charge on any atom is 0.238 e. The van der Waals surface area contributed by atoms with Crippen LogP contribution in [0.3, 0.4) is 0 Å². The molecule has 2 aliphatic heterocycles. The molecule has 2 aromatic carbocycles. The molecule has 0 spiro atoms. The molecular formula is C24H31N5O2. The molecule has 2 aliphatic rings. The fourth-order valence-electron chi connectivity index (χ4n) is 4.27. The van der Waals surface area contributed by atoms with Crippen LogP contribution in [-0.2, 0) is 9.59 Å². The Bertz CT molecular complexity index is 898. The van der Waals surface area contributed by atoms with Gasteiger partial charge in [-0.3, -0.25) is 9.59 Å². The van der Waals surface area contributed by atoms with Crippen molar-refractivity contribution in [1.82, 2.24) is 16.2 Å². The maximum absolute atomic E-state index is 12.6. The molecule has 2 aromatic rings. The highest BCUT2D eigenvalue weighted by molar-refractivity contribution is 5.92. The van der Waals surface area contributed by atoms with E-state index >= 15 is 0 Å². The smallest absolute Gasteiger partial charge is 0.238 e. The summed E-state index contributed by atoms with van der Waals surface area (Å²) in [6, 6.07) is 17.5. The van der Waals surface area contributed by atoms with E-state index in [0.717, 1.165) is 30.0 Å². The van der Waals surface area contributed by atoms with E-state index in [-0.39, 0.29) is 36.4 Å². The second kappa shape index (κ2) is 9.94. The fourth-order valence-corrected chi connectivity index (χ4v) is 4.27. The SMILES string of the molecule is CC(CC(=O)Nc1cccc(N2CCCC2)c1)NC(=O)C1CC(c2ccccc2)NN1. The van der Waals surface area contributed by atoms with Gasteiger partial charge in [0.15, 0.2) is 0 Å². The number of hydrogen-bond donors (Lipinski definition) is 4. The van der Waals surface area contributed by atoms with Crippen LogP contribution in [0.15, 0.2) is 54.6 Å². The average molecular weight is 422 g/mol. The van der Waals surface area contributed by atoms with Crippen LogP contribution in [0.2, 0.25) is 0 Å². The molecule has 4 N–H and O–H groups in total. The molecule has 0 saturated carbocycles. The monoisotopic (exact) mass is 421 g/mol. The van der Waals surface area contributed by atoms with Gasteiger partial charge in [0.25, 0.3) is 0 Å². The Morgan fingerprint density at radius 2 is 1.84 bits per heavy atom. The summed E-state index contributed by atoms with van der Waals surface area (Å²) in [5.41, 5.74) is 9.34. The van der Waals surface area contributed by atoms with Crippen LogP contribution in [0.1, 0.15) is 44.2 Å². The third-order valence-corrected chi connectivity index (χ3v) is 5.90. The molecule has 2 saturated heterocycles. The Hall–Kier alpha value is -2.90. The number of hydrogen-bond acceptors (Lipinski definition) is 5. The van der Waals surface area contributed by atoms with E-state index in [1.54, 1.807) is 0 Å². The molecule has 2 heterocycles. The van der Waals surface area contributed by atoms with Gasteiger partial charge in [-0.2, -0.15) is 0 Å². The summed E-state index contributed by atoms with van der Waals surface area (Å²) in [7, 11) is 0. The maximum atomic E-state index is 12.6. The molecule has 2 amide bonds. The van der Waals surface area contributed by atoms with E-state index in [4.69, 9.17) is 0 Å². The fraction of sp³-hybridized carbons (Fsp3) is 0.417. The van der Waals surface area contributed by atoms with Gasteiger partial charge in [0.1, 0.15) is 6.04 Å². The molecule has 7 nitrogen and oxygen atoms in total. The summed E-state index contributed by atoms with van der Waals surface area (Å²) in [5.74, 6) is -0.201. The summed E-state index contributed by atoms with van der Waals surface area (Å²) >= 11 is 0. The van der Waals surface area contributed by atoms with Crippen molar-refractivity contribution in [3.05, 3.63) is 60.2 Å². The minimum atomic E-state index is -0.326. The van der Waals surface area contributed by atoms with Crippen LogP contribution in [0.5, 0.6) is 0 Å². The van der Waals surface area contributed by atoms with E-state index < -0.39 is 0 Å². The zero-order valence-electron chi connectivity index (χ0n) is 17.9. The van der Waals surface area contributed by atoms with Gasteiger partial charge in [0.05, 0.1) is 0 Å². The van der Waals surface area contributed by atoms with Crippen LogP contribution in [0.4, 0.5) is 11.4 Å². The lowest BCUT2D eigenvalue weighted by Crippen LogP contribution is -2.46. The van der Waals surface area contributed by atoms with Gasteiger partial charge in [-0.1, -0.05) is 36.4 Å². The lowest BCUT2D eigenvalue weighted by molar-refractivity contribution is -0.123. The zero-order valence-corrected chi connectivity index (χ0v) is 17.9. The first kappa shape index (κ1) is 21.3. The highest BCUT2D eigenvalue weighted by atomic mass is 16.2. The number of anilines is 2. The summed E-state index contributed by atoms with van der Waals surface area (Å²) < 4.78 is 0. The summed E-state index contributed by atoms with van der Waals surface area (Å²) in [6.45, 7) is 3.99. The standard InChI is InChI=1S/C24H31N5O2/c1-17(25-24(31)22-16-21(27-28-22)18-8-3-2-4-9-18)14-23(30)26-19-10-7-11-20(15-19)29-12-5-6-13-29/h2-4,7-11,15,17,21-22,27-28H,5-6,12-14,16H2,1H3,(H,25,31)(H,26,30). The first-order chi connectivity index (χ1) is 15.1. The first-order valence-corrected chi connectivity index (χ1v) is 11.1. The quantitative estimate of drug-likeness (QED) is 0.552. The molecule has 31 heavy (non-hydrogen) atoms. The first-order valence-electron chi connectivity index (χ1n) is 11.1. The highest BCUT2D eigenvalue weighted by Gasteiger charge is 2.30. The molecule has 3 unspecified atom stereocenters. The topological polar surface area (TPSA) is 85.5 Å². The predicted molar refractivity (Wildman–Crippen MR) is 123 cm³/mol. The molecule has 0 aliphatic carbocycles. The van der Waals surface area contributed by atoms with Crippen LogP contribution in [-0.4, -0.2) is 37.0 Å². The van der Waals surface area contributed by atoms with Gasteiger partial charge >= 0.3 is 0 Å². The number of nitrogens with zero attached hydrogens (tertiary/aromatic N) is 1. The third kappa shape index (κ3) is 5.62. The van der Waals surface area contributed by atoms with Gasteiger partial charge in [-0.15, -0.1) is 0 Å². The molecule has 7 heteroatoms. The molecule has 2 fully saturated rings. The normalized spacial score (nSPS) is 21.6. The van der Waals surface area contributed by atoms with Gasteiger partial charge in [-0.25, -0.2) is 10.9 Å². The minimum absolute atomic E-state index is 0.0951. The van der Waals surface area contributed by atoms with Crippen LogP contribution >= 0.6 is 0 Å². The number of nitrogens with one attached hydrogen (secondary N) is 4. The highest BCUT2D eigenvalue weighted by Crippen LogP contribution is 2.24. The number of carbonyl (C=O) groups is 2. The largest absolute Gasteiger partial charge is 0.371 e. The molecule has 0 radical (unpaired) electrons. The van der Waals surface area contributed by atoms with Crippen LogP contribution in [0.25, 0.3) is 0 Å². The van der Waals surface area contributed by atoms with E-state index in [9.17, 15) is 9.59 Å². The Morgan fingerprint density at radius 3 is 2.61 bits per heavy atom. The molecule has 0 aromatic heterocycles. The van der Waals surface area contributed by atoms with E-state index in [2.05, 4.69) is 32.5 Å². The second-order valence-corrected chi connectivity index (χ2v) is 8.45. The number of benzene rings is 2. The molecule has 4 rings (SSSR count). The number of amides is 2. The van der Waals surface area contributed by atoms with Crippen LogP contribution in [0, 0.1) is 0 Å². The van der Waals surface area contributed by atoms with E-state index in [1.807, 2.05) is 55.5 Å². The Kier molecular flexibility index (Phi) is 6.84. The minimum Gasteiger partial charge on any atom is -0.371 e. The zero-order chi connectivity index (χ0) is 21.6. The molecule has 164 valence electrons. The third-order valence-electron chi connectivity index (χ3n) is 5.90. The summed E-state index contributed by atoms with van der Waals surface area (Å²) in [4.78, 5) is 27.4. The summed E-state index contributed by atoms with van der Waals surface area (Å²) in [6.07, 6.45) is 3.32. The van der Waals surface area contributed by atoms with Gasteiger partial charge < -0.3 is 15.5 Å². The van der Waals surface area contributed by atoms with Crippen molar-refractivity contribution < 1.29 is 9.59 Å². The number of carbonyl (C=O) groups excluding carboxylic acids is 2. The van der Waals surface area contributed by atoms with Crippen LogP contribution < -0.4 is 26.4 Å². The van der Waals surface area contributed by atoms with Gasteiger partial charge in [0, 0.05) is 43.0 Å². The van der Waals surface area contributed by atoms with Crippen molar-refractivity contribution in [2.24, 2.45) is 0 Å². The lowest BCUT2D eigenvalue weighted by Gasteiger charge is -2.19. The van der Waals surface area contributed by atoms with Gasteiger partial charge in [0.2, 0.25) is 11.8 Å². The van der Waals surface area contributed by atoms with Crippen molar-refractivity contribution in [3.63, 3.8) is 0 Å². The second-order valence-electron chi connectivity index (χ2n) is 8.45. The average Bonchev–Trinajstić information content (AvgIpc) is 3.47. The molecular weight excluding hydrogens is 390 g/mol. The number of rotatable bonds is 7. The number of hydrazine groups is 1. The van der Waals surface area contributed by atoms with Gasteiger partial charge in [-0.05, 0) is 49.9 Å². The Balaban J connectivity index is 1.24. The van der Waals surface area contributed by atoms with E-state index in [0.29, 0.717) is 6.42 Å². The van der Waals surface area contributed by atoms with E-state index in [1.165, 1.54) is 12.8 Å². The van der Waals surface area contributed by atoms with Crippen molar-refractivity contribution in [3.8, 4) is 0 Å². The molecule has 3 atom stereocenters. The molecule has 0 bridgehead atoms. The van der Waals surface area contributed by atoms with Crippen molar-refractivity contribution >= 4 is 23.2 Å². The Labute approximate surface area is 183 Å². The van der Waals surface area contributed by atoms with Crippen molar-refractivity contribution in [1.29, 1.82) is 0 Å². The summed E-state index contributed by atoms with van der Waals surface area (Å²) in [5, 5.41) is 5.92. The van der Waals surface area contributed by atoms with Crippen molar-refractivity contribution in [2.75, 3.05) is 23.3 Å². The van der Waals surface area contributed by atoms with Crippen molar-refractivity contribution in [2.45, 2.75) is 50.7 Å². The predicted octanol–water partition coefficient (Wildman–Crippen LogP) is 2.73. The lowest BCUT2D eigenvalue weighted by atomic mass is 10.0.